The first-order chi connectivity index (χ1) is 7.33. The Morgan fingerprint density at radius 3 is 2.19 bits per heavy atom. The van der Waals surface area contributed by atoms with Crippen molar-refractivity contribution in [3.8, 4) is 0 Å². The normalized spacial score (nSPS) is 13.7. The molecule has 0 saturated carbocycles. The van der Waals surface area contributed by atoms with E-state index < -0.39 is 10.1 Å². The molecule has 1 N–H and O–H groups in total. The van der Waals surface area contributed by atoms with Crippen molar-refractivity contribution in [1.82, 2.24) is 0 Å². The molecule has 0 aliphatic carbocycles. The molecule has 0 heterocycles. The van der Waals surface area contributed by atoms with Gasteiger partial charge in [0.15, 0.2) is 0 Å². The first-order valence-corrected chi connectivity index (χ1v) is 7.54. The molecule has 0 aliphatic heterocycles. The van der Waals surface area contributed by atoms with E-state index in [4.69, 9.17) is 4.55 Å². The molecule has 0 aromatic heterocycles. The molecule has 0 radical (unpaired) electrons. The fourth-order valence-electron chi connectivity index (χ4n) is 1.51. The third-order valence-corrected chi connectivity index (χ3v) is 3.69. The molecule has 1 atom stereocenters. The van der Waals surface area contributed by atoms with Crippen molar-refractivity contribution < 1.29 is 13.0 Å². The van der Waals surface area contributed by atoms with Gasteiger partial charge >= 0.3 is 0 Å². The molecule has 0 bridgehead atoms. The van der Waals surface area contributed by atoms with Crippen LogP contribution in [0.5, 0.6) is 0 Å². The average molecular weight is 248 g/mol. The quantitative estimate of drug-likeness (QED) is 0.386. The standard InChI is InChI=1S/C12H24O3S/c1-11(2)12(3)9-7-5-4-6-8-10-16(13,14)15/h12H,1,4-10H2,2-3H3,(H,13,14,15). The Balaban J connectivity index is 3.32. The molecular formula is C12H24O3S. The molecule has 0 fully saturated rings. The minimum atomic E-state index is -3.75. The Morgan fingerprint density at radius 1 is 1.19 bits per heavy atom. The summed E-state index contributed by atoms with van der Waals surface area (Å²) in [6, 6.07) is 0. The summed E-state index contributed by atoms with van der Waals surface area (Å²) in [7, 11) is -3.75. The highest BCUT2D eigenvalue weighted by Gasteiger charge is 2.04. The topological polar surface area (TPSA) is 54.4 Å². The highest BCUT2D eigenvalue weighted by atomic mass is 32.2. The first-order valence-electron chi connectivity index (χ1n) is 5.93. The highest BCUT2D eigenvalue weighted by Crippen LogP contribution is 2.16. The third-order valence-electron chi connectivity index (χ3n) is 2.88. The van der Waals surface area contributed by atoms with Crippen LogP contribution in [0, 0.1) is 5.92 Å². The molecule has 3 nitrogen and oxygen atoms in total. The minimum Gasteiger partial charge on any atom is -0.286 e. The van der Waals surface area contributed by atoms with E-state index in [0.29, 0.717) is 12.3 Å². The van der Waals surface area contributed by atoms with Crippen LogP contribution in [0.1, 0.15) is 52.4 Å². The molecule has 0 aromatic rings. The Labute approximate surface area is 99.7 Å². The van der Waals surface area contributed by atoms with Crippen LogP contribution in [-0.2, 0) is 10.1 Å². The Bertz CT molecular complexity index is 293. The van der Waals surface area contributed by atoms with Crippen LogP contribution in [-0.4, -0.2) is 18.7 Å². The van der Waals surface area contributed by atoms with Gasteiger partial charge in [-0.2, -0.15) is 8.42 Å². The summed E-state index contributed by atoms with van der Waals surface area (Å²) in [5.41, 5.74) is 1.23. The lowest BCUT2D eigenvalue weighted by Crippen LogP contribution is -2.03. The fourth-order valence-corrected chi connectivity index (χ4v) is 2.08. The SMILES string of the molecule is C=C(C)C(C)CCCCCCCS(=O)(=O)O. The Kier molecular flexibility index (Phi) is 7.68. The number of hydrogen-bond donors (Lipinski definition) is 1. The number of rotatable bonds is 9. The summed E-state index contributed by atoms with van der Waals surface area (Å²) < 4.78 is 29.4. The van der Waals surface area contributed by atoms with Crippen molar-refractivity contribution in [2.24, 2.45) is 5.92 Å². The summed E-state index contributed by atoms with van der Waals surface area (Å²) in [6.45, 7) is 8.15. The predicted molar refractivity (Wildman–Crippen MR) is 68.1 cm³/mol. The van der Waals surface area contributed by atoms with Crippen LogP contribution in [0.25, 0.3) is 0 Å². The molecule has 16 heavy (non-hydrogen) atoms. The zero-order valence-electron chi connectivity index (χ0n) is 10.4. The summed E-state index contributed by atoms with van der Waals surface area (Å²) in [6.07, 6.45) is 5.94. The third kappa shape index (κ3) is 10.2. The lowest BCUT2D eigenvalue weighted by atomic mass is 9.97. The lowest BCUT2D eigenvalue weighted by Gasteiger charge is -2.10. The Hall–Kier alpha value is -0.350. The summed E-state index contributed by atoms with van der Waals surface area (Å²) in [5, 5.41) is 0. The molecule has 0 rings (SSSR count). The van der Waals surface area contributed by atoms with E-state index in [2.05, 4.69) is 20.4 Å². The van der Waals surface area contributed by atoms with Crippen molar-refractivity contribution in [3.63, 3.8) is 0 Å². The van der Waals surface area contributed by atoms with Crippen molar-refractivity contribution in [3.05, 3.63) is 12.2 Å². The maximum Gasteiger partial charge on any atom is 0.264 e. The van der Waals surface area contributed by atoms with Gasteiger partial charge < -0.3 is 0 Å². The van der Waals surface area contributed by atoms with E-state index in [1.165, 1.54) is 12.0 Å². The molecule has 0 spiro atoms. The van der Waals surface area contributed by atoms with Gasteiger partial charge in [0.1, 0.15) is 0 Å². The van der Waals surface area contributed by atoms with Crippen molar-refractivity contribution in [2.45, 2.75) is 52.4 Å². The second-order valence-corrected chi connectivity index (χ2v) is 6.16. The maximum atomic E-state index is 10.4. The predicted octanol–water partition coefficient (Wildman–Crippen LogP) is 3.43. The van der Waals surface area contributed by atoms with Gasteiger partial charge in [0.2, 0.25) is 0 Å². The number of unbranched alkanes of at least 4 members (excludes halogenated alkanes) is 4. The van der Waals surface area contributed by atoms with Crippen molar-refractivity contribution in [1.29, 1.82) is 0 Å². The molecule has 0 aromatic carbocycles. The van der Waals surface area contributed by atoms with E-state index in [1.807, 2.05) is 0 Å². The van der Waals surface area contributed by atoms with E-state index in [0.717, 1.165) is 25.7 Å². The van der Waals surface area contributed by atoms with Crippen LogP contribution >= 0.6 is 0 Å². The van der Waals surface area contributed by atoms with E-state index in [-0.39, 0.29) is 5.75 Å². The molecule has 4 heteroatoms. The molecule has 96 valence electrons. The summed E-state index contributed by atoms with van der Waals surface area (Å²) in [4.78, 5) is 0. The van der Waals surface area contributed by atoms with Gasteiger partial charge in [0, 0.05) is 0 Å². The van der Waals surface area contributed by atoms with Gasteiger partial charge in [0.05, 0.1) is 5.75 Å². The molecular weight excluding hydrogens is 224 g/mol. The largest absolute Gasteiger partial charge is 0.286 e. The molecule has 0 aliphatic rings. The lowest BCUT2D eigenvalue weighted by molar-refractivity contribution is 0.477. The van der Waals surface area contributed by atoms with Crippen LogP contribution in [0.4, 0.5) is 0 Å². The average Bonchev–Trinajstić information content (AvgIpc) is 2.14. The van der Waals surface area contributed by atoms with Gasteiger partial charge in [-0.15, -0.1) is 0 Å². The van der Waals surface area contributed by atoms with Crippen LogP contribution in [0.2, 0.25) is 0 Å². The van der Waals surface area contributed by atoms with Gasteiger partial charge in [-0.1, -0.05) is 44.8 Å². The Morgan fingerprint density at radius 2 is 1.69 bits per heavy atom. The van der Waals surface area contributed by atoms with Crippen LogP contribution in [0.3, 0.4) is 0 Å². The smallest absolute Gasteiger partial charge is 0.264 e. The van der Waals surface area contributed by atoms with E-state index >= 15 is 0 Å². The van der Waals surface area contributed by atoms with E-state index in [9.17, 15) is 8.42 Å². The molecule has 0 saturated heterocycles. The zero-order chi connectivity index (χ0) is 12.6. The monoisotopic (exact) mass is 248 g/mol. The van der Waals surface area contributed by atoms with Gasteiger partial charge in [-0.25, -0.2) is 0 Å². The van der Waals surface area contributed by atoms with E-state index in [1.54, 1.807) is 0 Å². The fraction of sp³-hybridized carbons (Fsp3) is 0.833. The van der Waals surface area contributed by atoms with Gasteiger partial charge in [-0.3, -0.25) is 4.55 Å². The summed E-state index contributed by atoms with van der Waals surface area (Å²) >= 11 is 0. The number of allylic oxidation sites excluding steroid dienone is 1. The molecule has 1 unspecified atom stereocenters. The molecule has 0 amide bonds. The summed E-state index contributed by atoms with van der Waals surface area (Å²) in [5.74, 6) is 0.479. The zero-order valence-corrected chi connectivity index (χ0v) is 11.2. The van der Waals surface area contributed by atoms with Gasteiger partial charge in [0.25, 0.3) is 10.1 Å². The van der Waals surface area contributed by atoms with Crippen LogP contribution < -0.4 is 0 Å². The minimum absolute atomic E-state index is 0.102. The number of hydrogen-bond acceptors (Lipinski definition) is 2. The maximum absolute atomic E-state index is 10.4. The second-order valence-electron chi connectivity index (χ2n) is 4.59. The first kappa shape index (κ1) is 15.7. The second kappa shape index (κ2) is 7.85. The highest BCUT2D eigenvalue weighted by molar-refractivity contribution is 7.85. The van der Waals surface area contributed by atoms with Gasteiger partial charge in [-0.05, 0) is 25.7 Å². The van der Waals surface area contributed by atoms with Crippen molar-refractivity contribution in [2.75, 3.05) is 5.75 Å². The van der Waals surface area contributed by atoms with Crippen molar-refractivity contribution >= 4 is 10.1 Å². The van der Waals surface area contributed by atoms with Crippen LogP contribution in [0.15, 0.2) is 12.2 Å².